The molecule has 8 nitrogen and oxygen atoms in total. The van der Waals surface area contributed by atoms with Crippen molar-refractivity contribution in [1.29, 1.82) is 0 Å². The number of hydrogen-bond acceptors (Lipinski definition) is 6. The Morgan fingerprint density at radius 1 is 1.11 bits per heavy atom. The van der Waals surface area contributed by atoms with Crippen LogP contribution in [0.3, 0.4) is 0 Å². The normalized spacial score (nSPS) is 18.8. The number of rotatable bonds is 4. The summed E-state index contributed by atoms with van der Waals surface area (Å²) in [6.07, 6.45) is 0.645. The van der Waals surface area contributed by atoms with Gasteiger partial charge in [-0.15, -0.1) is 0 Å². The van der Waals surface area contributed by atoms with Crippen molar-refractivity contribution in [3.63, 3.8) is 0 Å². The molecular weight excluding hydrogens is 372 g/mol. The molecule has 0 saturated heterocycles. The second-order valence-electron chi connectivity index (χ2n) is 6.52. The zero-order valence-corrected chi connectivity index (χ0v) is 15.8. The lowest BCUT2D eigenvalue weighted by Gasteiger charge is -2.20. The van der Waals surface area contributed by atoms with Gasteiger partial charge in [-0.3, -0.25) is 9.29 Å². The molecule has 9 heteroatoms. The number of aryl methyl sites for hydroxylation is 1. The van der Waals surface area contributed by atoms with Gasteiger partial charge >= 0.3 is 5.76 Å². The first-order chi connectivity index (χ1) is 12.7. The van der Waals surface area contributed by atoms with Crippen molar-refractivity contribution in [3.05, 3.63) is 46.9 Å². The minimum Gasteiger partial charge on any atom is -0.449 e. The Hall–Kier alpha value is -2.94. The highest BCUT2D eigenvalue weighted by atomic mass is 32.2. The maximum absolute atomic E-state index is 12.7. The van der Waals surface area contributed by atoms with Gasteiger partial charge in [0.15, 0.2) is 17.1 Å². The number of nitrogens with zero attached hydrogens (tertiary/aromatic N) is 1. The number of nitrogens with one attached hydrogen (secondary N) is 1. The highest BCUT2D eigenvalue weighted by molar-refractivity contribution is 7.92. The van der Waals surface area contributed by atoms with Crippen LogP contribution in [0.2, 0.25) is 0 Å². The van der Waals surface area contributed by atoms with Crippen LogP contribution in [0.15, 0.2) is 50.5 Å². The zero-order valence-electron chi connectivity index (χ0n) is 15.0. The number of sulfonamides is 1. The van der Waals surface area contributed by atoms with Crippen molar-refractivity contribution in [2.45, 2.75) is 31.0 Å². The minimum atomic E-state index is -3.87. The highest BCUT2D eigenvalue weighted by Gasteiger charge is 2.35. The predicted molar refractivity (Wildman–Crippen MR) is 98.7 cm³/mol. The summed E-state index contributed by atoms with van der Waals surface area (Å²) < 4.78 is 45.8. The van der Waals surface area contributed by atoms with Gasteiger partial charge in [-0.1, -0.05) is 6.92 Å². The zero-order chi connectivity index (χ0) is 19.4. The molecule has 1 N–H and O–H groups in total. The van der Waals surface area contributed by atoms with E-state index in [1.165, 1.54) is 29.8 Å². The number of oxazole rings is 1. The number of ether oxygens (including phenoxy) is 2. The molecule has 0 radical (unpaired) electrons. The van der Waals surface area contributed by atoms with E-state index >= 15 is 0 Å². The van der Waals surface area contributed by atoms with E-state index in [0.717, 1.165) is 0 Å². The van der Waals surface area contributed by atoms with Gasteiger partial charge in [0.05, 0.1) is 16.1 Å². The number of aromatic nitrogens is 1. The molecular formula is C18H18N2O6S. The Morgan fingerprint density at radius 3 is 2.59 bits per heavy atom. The molecule has 2 heterocycles. The molecule has 0 amide bonds. The smallest absolute Gasteiger partial charge is 0.419 e. The number of benzene rings is 2. The largest absolute Gasteiger partial charge is 0.449 e. The summed E-state index contributed by atoms with van der Waals surface area (Å²) >= 11 is 0. The fourth-order valence-corrected chi connectivity index (χ4v) is 3.92. The van der Waals surface area contributed by atoms with Crippen LogP contribution in [0.1, 0.15) is 20.3 Å². The monoisotopic (exact) mass is 390 g/mol. The molecule has 1 aromatic heterocycles. The Kier molecular flexibility index (Phi) is 3.74. The summed E-state index contributed by atoms with van der Waals surface area (Å²) in [7, 11) is -2.35. The average Bonchev–Trinajstić information content (AvgIpc) is 3.11. The highest BCUT2D eigenvalue weighted by Crippen LogP contribution is 2.42. The molecule has 1 unspecified atom stereocenters. The van der Waals surface area contributed by atoms with Crippen LogP contribution in [0.4, 0.5) is 5.69 Å². The standard InChI is InChI=1S/C18H18N2O6S/c1-4-18(2)25-15-7-5-11(9-16(15)26-18)19-27(22,23)12-6-8-14-13(10-12)20(3)17(21)24-14/h5-10,19H,4H2,1-3H3. The van der Waals surface area contributed by atoms with Crippen LogP contribution in [0, 0.1) is 0 Å². The van der Waals surface area contributed by atoms with E-state index in [4.69, 9.17) is 13.9 Å². The summed E-state index contributed by atoms with van der Waals surface area (Å²) in [5, 5.41) is 0. The van der Waals surface area contributed by atoms with Gasteiger partial charge in [0.2, 0.25) is 5.79 Å². The quantitative estimate of drug-likeness (QED) is 0.735. The first kappa shape index (κ1) is 17.5. The summed E-state index contributed by atoms with van der Waals surface area (Å²) in [5.74, 6) is -0.261. The summed E-state index contributed by atoms with van der Waals surface area (Å²) in [4.78, 5) is 11.6. The molecule has 4 rings (SSSR count). The third kappa shape index (κ3) is 2.93. The summed E-state index contributed by atoms with van der Waals surface area (Å²) in [5.41, 5.74) is 1.06. The van der Waals surface area contributed by atoms with Gasteiger partial charge in [0.25, 0.3) is 10.0 Å². The van der Waals surface area contributed by atoms with Crippen molar-refractivity contribution >= 4 is 26.8 Å². The molecule has 27 heavy (non-hydrogen) atoms. The molecule has 1 aliphatic rings. The van der Waals surface area contributed by atoms with Crippen LogP contribution >= 0.6 is 0 Å². The molecule has 1 atom stereocenters. The van der Waals surface area contributed by atoms with Gasteiger partial charge < -0.3 is 13.9 Å². The van der Waals surface area contributed by atoms with Gasteiger partial charge in [-0.25, -0.2) is 13.2 Å². The van der Waals surface area contributed by atoms with Crippen molar-refractivity contribution < 1.29 is 22.3 Å². The molecule has 142 valence electrons. The van der Waals surface area contributed by atoms with Gasteiger partial charge in [0, 0.05) is 26.5 Å². The van der Waals surface area contributed by atoms with Gasteiger partial charge in [0.1, 0.15) is 0 Å². The van der Waals surface area contributed by atoms with Crippen LogP contribution in [0.5, 0.6) is 11.5 Å². The van der Waals surface area contributed by atoms with E-state index in [-0.39, 0.29) is 4.90 Å². The Morgan fingerprint density at radius 2 is 1.85 bits per heavy atom. The molecule has 0 bridgehead atoms. The van der Waals surface area contributed by atoms with Crippen LogP contribution in [-0.2, 0) is 17.1 Å². The fourth-order valence-electron chi connectivity index (χ4n) is 2.85. The van der Waals surface area contributed by atoms with E-state index < -0.39 is 21.6 Å². The first-order valence-corrected chi connectivity index (χ1v) is 9.83. The molecule has 0 fully saturated rings. The van der Waals surface area contributed by atoms with Crippen LogP contribution < -0.4 is 20.0 Å². The fraction of sp³-hybridized carbons (Fsp3) is 0.278. The second-order valence-corrected chi connectivity index (χ2v) is 8.20. The predicted octanol–water partition coefficient (Wildman–Crippen LogP) is 2.83. The first-order valence-electron chi connectivity index (χ1n) is 8.35. The summed E-state index contributed by atoms with van der Waals surface area (Å²) in [6, 6.07) is 9.08. The molecule has 0 spiro atoms. The summed E-state index contributed by atoms with van der Waals surface area (Å²) in [6.45, 7) is 3.76. The van der Waals surface area contributed by atoms with E-state index in [0.29, 0.717) is 34.7 Å². The van der Waals surface area contributed by atoms with Crippen LogP contribution in [-0.4, -0.2) is 18.8 Å². The Balaban J connectivity index is 1.66. The lowest BCUT2D eigenvalue weighted by molar-refractivity contribution is -0.0640. The van der Waals surface area contributed by atoms with E-state index in [1.807, 2.05) is 13.8 Å². The molecule has 0 aliphatic carbocycles. The van der Waals surface area contributed by atoms with Crippen LogP contribution in [0.25, 0.3) is 11.1 Å². The number of anilines is 1. The minimum absolute atomic E-state index is 0.0162. The van der Waals surface area contributed by atoms with Crippen molar-refractivity contribution in [2.24, 2.45) is 7.05 Å². The van der Waals surface area contributed by atoms with Gasteiger partial charge in [-0.2, -0.15) is 0 Å². The lowest BCUT2D eigenvalue weighted by atomic mass is 10.2. The van der Waals surface area contributed by atoms with Gasteiger partial charge in [-0.05, 0) is 30.3 Å². The Labute approximate surface area is 155 Å². The number of hydrogen-bond donors (Lipinski definition) is 1. The van der Waals surface area contributed by atoms with E-state index in [1.54, 1.807) is 18.2 Å². The molecule has 2 aromatic carbocycles. The third-order valence-electron chi connectivity index (χ3n) is 4.56. The lowest BCUT2D eigenvalue weighted by Crippen LogP contribution is -2.33. The second kappa shape index (κ2) is 5.78. The third-order valence-corrected chi connectivity index (χ3v) is 5.94. The average molecular weight is 390 g/mol. The van der Waals surface area contributed by atoms with E-state index in [9.17, 15) is 13.2 Å². The topological polar surface area (TPSA) is 99.8 Å². The molecule has 3 aromatic rings. The maximum Gasteiger partial charge on any atom is 0.419 e. The molecule has 0 saturated carbocycles. The van der Waals surface area contributed by atoms with Crippen molar-refractivity contribution in [2.75, 3.05) is 4.72 Å². The van der Waals surface area contributed by atoms with E-state index in [2.05, 4.69) is 4.72 Å². The SMILES string of the molecule is CCC1(C)Oc2ccc(NS(=O)(=O)c3ccc4oc(=O)n(C)c4c3)cc2O1. The van der Waals surface area contributed by atoms with Crippen molar-refractivity contribution in [3.8, 4) is 11.5 Å². The maximum atomic E-state index is 12.7. The Bertz CT molecular complexity index is 1210. The number of fused-ring (bicyclic) bond motifs is 2. The molecule has 1 aliphatic heterocycles. The van der Waals surface area contributed by atoms with Crippen molar-refractivity contribution in [1.82, 2.24) is 4.57 Å².